The molecule has 1 unspecified atom stereocenters. The van der Waals surface area contributed by atoms with E-state index >= 15 is 0 Å². The van der Waals surface area contributed by atoms with Crippen LogP contribution in [0.3, 0.4) is 0 Å². The van der Waals surface area contributed by atoms with Gasteiger partial charge in [-0.1, -0.05) is 36.9 Å². The molecule has 2 heterocycles. The lowest BCUT2D eigenvalue weighted by molar-refractivity contribution is -0.118. The number of benzene rings is 1. The molecule has 0 bridgehead atoms. The van der Waals surface area contributed by atoms with Crippen molar-refractivity contribution in [3.05, 3.63) is 59.4 Å². The number of imide groups is 1. The number of ether oxygens (including phenoxy) is 1. The minimum absolute atomic E-state index is 0.216. The zero-order valence-electron chi connectivity index (χ0n) is 13.3. The number of carbonyl (C=O) groups is 2. The number of pyridine rings is 1. The minimum atomic E-state index is -0.342. The summed E-state index contributed by atoms with van der Waals surface area (Å²) in [4.78, 5) is 27.1. The molecule has 2 amide bonds. The van der Waals surface area contributed by atoms with Crippen molar-refractivity contribution in [1.29, 1.82) is 0 Å². The number of carbonyl (C=O) groups excluding carboxylic acids is 2. The van der Waals surface area contributed by atoms with Gasteiger partial charge in [-0.05, 0) is 42.2 Å². The Labute approximate surface area is 144 Å². The molecular formula is C18H18N2O3S. The number of aromatic nitrogens is 1. The number of aryl methyl sites for hydroxylation is 1. The molecule has 24 heavy (non-hydrogen) atoms. The second-order valence-electron chi connectivity index (χ2n) is 5.53. The van der Waals surface area contributed by atoms with Gasteiger partial charge in [-0.15, -0.1) is 0 Å². The van der Waals surface area contributed by atoms with Gasteiger partial charge in [-0.3, -0.25) is 19.9 Å². The van der Waals surface area contributed by atoms with E-state index in [2.05, 4.69) is 23.3 Å². The van der Waals surface area contributed by atoms with Gasteiger partial charge in [-0.2, -0.15) is 0 Å². The number of nitrogens with one attached hydrogen (secondary N) is 1. The summed E-state index contributed by atoms with van der Waals surface area (Å²) in [5.74, 6) is 0.534. The van der Waals surface area contributed by atoms with Crippen LogP contribution < -0.4 is 10.1 Å². The third kappa shape index (κ3) is 4.14. The molecule has 3 rings (SSSR count). The standard InChI is InChI=1S/C18H18N2O3S/c1-2-12-3-6-14(19-10-12)11-23-15-7-4-13(5-8-15)9-16-17(21)20-18(22)24-16/h3-8,10,16H,2,9,11H2,1H3,(H,20,21,22). The van der Waals surface area contributed by atoms with E-state index in [1.807, 2.05) is 36.5 Å². The van der Waals surface area contributed by atoms with Crippen LogP contribution in [0.2, 0.25) is 0 Å². The first-order chi connectivity index (χ1) is 11.6. The van der Waals surface area contributed by atoms with E-state index in [0.717, 1.165) is 35.2 Å². The summed E-state index contributed by atoms with van der Waals surface area (Å²) in [6, 6.07) is 11.6. The van der Waals surface area contributed by atoms with E-state index in [9.17, 15) is 9.59 Å². The van der Waals surface area contributed by atoms with Crippen LogP contribution in [0.15, 0.2) is 42.6 Å². The van der Waals surface area contributed by atoms with Crippen LogP contribution in [0.1, 0.15) is 23.7 Å². The zero-order chi connectivity index (χ0) is 16.9. The molecular weight excluding hydrogens is 324 g/mol. The smallest absolute Gasteiger partial charge is 0.286 e. The summed E-state index contributed by atoms with van der Waals surface area (Å²) >= 11 is 1.04. The molecule has 1 atom stereocenters. The molecule has 1 fully saturated rings. The number of rotatable bonds is 6. The molecule has 124 valence electrons. The van der Waals surface area contributed by atoms with E-state index < -0.39 is 0 Å². The number of thioether (sulfide) groups is 1. The molecule has 0 aliphatic carbocycles. The maximum Gasteiger partial charge on any atom is 0.286 e. The summed E-state index contributed by atoms with van der Waals surface area (Å²) in [7, 11) is 0. The first-order valence-corrected chi connectivity index (χ1v) is 8.69. The largest absolute Gasteiger partial charge is 0.487 e. The molecule has 2 aromatic rings. The topological polar surface area (TPSA) is 68.3 Å². The lowest BCUT2D eigenvalue weighted by atomic mass is 10.1. The van der Waals surface area contributed by atoms with Crippen molar-refractivity contribution < 1.29 is 14.3 Å². The fraction of sp³-hybridized carbons (Fsp3) is 0.278. The van der Waals surface area contributed by atoms with Gasteiger partial charge < -0.3 is 4.74 Å². The van der Waals surface area contributed by atoms with Crippen LogP contribution in [0, 0.1) is 0 Å². The third-order valence-electron chi connectivity index (χ3n) is 3.79. The van der Waals surface area contributed by atoms with Crippen LogP contribution in [0.5, 0.6) is 5.75 Å². The fourth-order valence-corrected chi connectivity index (χ4v) is 3.23. The lowest BCUT2D eigenvalue weighted by Crippen LogP contribution is -2.25. The van der Waals surface area contributed by atoms with E-state index in [-0.39, 0.29) is 16.4 Å². The summed E-state index contributed by atoms with van der Waals surface area (Å²) in [5, 5.41) is 1.68. The number of hydrogen-bond acceptors (Lipinski definition) is 5. The minimum Gasteiger partial charge on any atom is -0.487 e. The Bertz CT molecular complexity index is 729. The Hall–Kier alpha value is -2.34. The first-order valence-electron chi connectivity index (χ1n) is 7.81. The highest BCUT2D eigenvalue weighted by atomic mass is 32.2. The van der Waals surface area contributed by atoms with Crippen molar-refractivity contribution in [2.75, 3.05) is 0 Å². The van der Waals surface area contributed by atoms with Gasteiger partial charge in [0.05, 0.1) is 10.9 Å². The highest BCUT2D eigenvalue weighted by Gasteiger charge is 2.31. The molecule has 6 heteroatoms. The predicted molar refractivity (Wildman–Crippen MR) is 93.0 cm³/mol. The normalized spacial score (nSPS) is 17.0. The Morgan fingerprint density at radius 1 is 1.12 bits per heavy atom. The summed E-state index contributed by atoms with van der Waals surface area (Å²) in [5.41, 5.74) is 3.08. The predicted octanol–water partition coefficient (Wildman–Crippen LogP) is 3.12. The molecule has 0 radical (unpaired) electrons. The van der Waals surface area contributed by atoms with Gasteiger partial charge in [-0.25, -0.2) is 0 Å². The summed E-state index contributed by atoms with van der Waals surface area (Å²) < 4.78 is 5.73. The van der Waals surface area contributed by atoms with E-state index in [0.29, 0.717) is 13.0 Å². The van der Waals surface area contributed by atoms with Gasteiger partial charge in [0.1, 0.15) is 12.4 Å². The van der Waals surface area contributed by atoms with Gasteiger partial charge in [0.15, 0.2) is 0 Å². The van der Waals surface area contributed by atoms with Crippen molar-refractivity contribution in [2.24, 2.45) is 0 Å². The van der Waals surface area contributed by atoms with Crippen LogP contribution in [-0.2, 0) is 24.2 Å². The second kappa shape index (κ2) is 7.49. The van der Waals surface area contributed by atoms with E-state index in [1.54, 1.807) is 0 Å². The molecule has 1 aromatic heterocycles. The molecule has 0 spiro atoms. The maximum atomic E-state index is 11.6. The number of nitrogens with zero attached hydrogens (tertiary/aromatic N) is 1. The Kier molecular flexibility index (Phi) is 5.15. The maximum absolute atomic E-state index is 11.6. The highest BCUT2D eigenvalue weighted by Crippen LogP contribution is 2.24. The molecule has 1 aliphatic rings. The highest BCUT2D eigenvalue weighted by molar-refractivity contribution is 8.15. The average Bonchev–Trinajstić information content (AvgIpc) is 2.92. The van der Waals surface area contributed by atoms with Gasteiger partial charge in [0, 0.05) is 6.20 Å². The monoisotopic (exact) mass is 342 g/mol. The first kappa shape index (κ1) is 16.5. The van der Waals surface area contributed by atoms with Crippen molar-refractivity contribution in [1.82, 2.24) is 10.3 Å². The van der Waals surface area contributed by atoms with Crippen LogP contribution in [0.25, 0.3) is 0 Å². The molecule has 1 N–H and O–H groups in total. The van der Waals surface area contributed by atoms with Gasteiger partial charge in [0.2, 0.25) is 5.91 Å². The third-order valence-corrected chi connectivity index (χ3v) is 4.77. The van der Waals surface area contributed by atoms with Crippen LogP contribution >= 0.6 is 11.8 Å². The molecule has 0 saturated carbocycles. The lowest BCUT2D eigenvalue weighted by Gasteiger charge is -2.08. The van der Waals surface area contributed by atoms with Gasteiger partial charge >= 0.3 is 0 Å². The van der Waals surface area contributed by atoms with Gasteiger partial charge in [0.25, 0.3) is 5.24 Å². The summed E-state index contributed by atoms with van der Waals surface area (Å²) in [6.45, 7) is 2.51. The fourth-order valence-electron chi connectivity index (χ4n) is 2.37. The number of hydrogen-bond donors (Lipinski definition) is 1. The average molecular weight is 342 g/mol. The zero-order valence-corrected chi connectivity index (χ0v) is 14.1. The Morgan fingerprint density at radius 3 is 2.46 bits per heavy atom. The Morgan fingerprint density at radius 2 is 1.88 bits per heavy atom. The molecule has 1 aromatic carbocycles. The van der Waals surface area contributed by atoms with Crippen molar-refractivity contribution in [2.45, 2.75) is 31.6 Å². The quantitative estimate of drug-likeness (QED) is 0.873. The van der Waals surface area contributed by atoms with Crippen LogP contribution in [-0.4, -0.2) is 21.4 Å². The van der Waals surface area contributed by atoms with Crippen molar-refractivity contribution in [3.8, 4) is 5.75 Å². The van der Waals surface area contributed by atoms with Crippen molar-refractivity contribution in [3.63, 3.8) is 0 Å². The molecule has 1 saturated heterocycles. The van der Waals surface area contributed by atoms with E-state index in [1.165, 1.54) is 5.56 Å². The van der Waals surface area contributed by atoms with Crippen LogP contribution in [0.4, 0.5) is 4.79 Å². The Balaban J connectivity index is 1.54. The second-order valence-corrected chi connectivity index (χ2v) is 6.71. The summed E-state index contributed by atoms with van der Waals surface area (Å²) in [6.07, 6.45) is 3.37. The number of amides is 2. The van der Waals surface area contributed by atoms with E-state index in [4.69, 9.17) is 4.74 Å². The SMILES string of the molecule is CCc1ccc(COc2ccc(CC3SC(=O)NC3=O)cc2)nc1. The molecule has 5 nitrogen and oxygen atoms in total. The van der Waals surface area contributed by atoms with Crippen molar-refractivity contribution >= 4 is 22.9 Å². The molecule has 1 aliphatic heterocycles.